The second kappa shape index (κ2) is 9.32. The molecule has 0 fully saturated rings. The molecule has 0 aliphatic carbocycles. The molecule has 2 nitrogen and oxygen atoms in total. The highest BCUT2D eigenvalue weighted by Crippen LogP contribution is 2.46. The third-order valence-corrected chi connectivity index (χ3v) is 11.3. The summed E-state index contributed by atoms with van der Waals surface area (Å²) < 4.78 is 7.65. The van der Waals surface area contributed by atoms with Crippen LogP contribution < -0.4 is 0 Å². The fraction of sp³-hybridized carbons (Fsp3) is 0. The van der Waals surface area contributed by atoms with Gasteiger partial charge in [0.15, 0.2) is 0 Å². The Labute approximate surface area is 273 Å². The molecule has 0 N–H and O–H groups in total. The van der Waals surface area contributed by atoms with E-state index in [0.29, 0.717) is 0 Å². The van der Waals surface area contributed by atoms with Crippen molar-refractivity contribution in [1.82, 2.24) is 9.13 Å². The summed E-state index contributed by atoms with van der Waals surface area (Å²) in [5, 5.41) is 12.9. The molecule has 0 aliphatic heterocycles. The maximum Gasteiger partial charge on any atom is 0.0562 e. The molecule has 0 saturated heterocycles. The predicted molar refractivity (Wildman–Crippen MR) is 203 cm³/mol. The van der Waals surface area contributed by atoms with Crippen molar-refractivity contribution < 1.29 is 0 Å². The van der Waals surface area contributed by atoms with Crippen LogP contribution in [0.5, 0.6) is 0 Å². The van der Waals surface area contributed by atoms with Gasteiger partial charge in [-0.1, -0.05) is 109 Å². The number of hydrogen-bond donors (Lipinski definition) is 0. The maximum absolute atomic E-state index is 2.50. The van der Waals surface area contributed by atoms with E-state index < -0.39 is 0 Å². The number of hydrogen-bond acceptors (Lipinski definition) is 1. The Bertz CT molecular complexity index is 3070. The van der Waals surface area contributed by atoms with Crippen LogP contribution in [0.3, 0.4) is 0 Å². The Morgan fingerprint density at radius 3 is 1.91 bits per heavy atom. The van der Waals surface area contributed by atoms with Gasteiger partial charge >= 0.3 is 0 Å². The summed E-state index contributed by atoms with van der Waals surface area (Å²) in [4.78, 5) is 0. The van der Waals surface area contributed by atoms with E-state index in [4.69, 9.17) is 0 Å². The molecule has 3 aromatic heterocycles. The normalized spacial score (nSPS) is 12.3. The average molecular weight is 615 g/mol. The Kier molecular flexibility index (Phi) is 5.02. The van der Waals surface area contributed by atoms with Gasteiger partial charge in [-0.15, -0.1) is 11.3 Å². The monoisotopic (exact) mass is 614 g/mol. The molecule has 0 saturated carbocycles. The van der Waals surface area contributed by atoms with Crippen LogP contribution in [-0.4, -0.2) is 9.13 Å². The highest BCUT2D eigenvalue weighted by atomic mass is 32.1. The van der Waals surface area contributed by atoms with Gasteiger partial charge in [0.25, 0.3) is 0 Å². The highest BCUT2D eigenvalue weighted by molar-refractivity contribution is 7.26. The molecule has 0 bridgehead atoms. The van der Waals surface area contributed by atoms with E-state index in [-0.39, 0.29) is 0 Å². The summed E-state index contributed by atoms with van der Waals surface area (Å²) in [5.41, 5.74) is 7.28. The Balaban J connectivity index is 1.36. The molecule has 3 heteroatoms. The van der Waals surface area contributed by atoms with Crippen LogP contribution >= 0.6 is 11.3 Å². The molecule has 0 aliphatic rings. The van der Waals surface area contributed by atoms with Gasteiger partial charge in [0.2, 0.25) is 0 Å². The summed E-state index contributed by atoms with van der Waals surface area (Å²) in [5.74, 6) is 0. The van der Waals surface area contributed by atoms with Gasteiger partial charge in [0, 0.05) is 52.8 Å². The van der Waals surface area contributed by atoms with Gasteiger partial charge in [-0.25, -0.2) is 0 Å². The maximum atomic E-state index is 2.50. The van der Waals surface area contributed by atoms with Gasteiger partial charge in [0.05, 0.1) is 27.8 Å². The highest BCUT2D eigenvalue weighted by Gasteiger charge is 2.22. The number of rotatable bonds is 2. The standard InChI is InChI=1S/C44H26N2S/c1-2-13-28(14-3-1)45-38-23-22-34-33-19-9-11-21-42(33)47-44(34)43(38)36-25-35-32-18-8-10-20-37(32)46(40(35)26-41(36)45)39-24-27-12-4-5-15-29(27)30-16-6-7-17-31(30)39/h1-26H. The van der Waals surface area contributed by atoms with E-state index in [1.165, 1.54) is 96.7 Å². The molecule has 11 aromatic rings. The number of benzene rings is 8. The summed E-state index contributed by atoms with van der Waals surface area (Å²) in [6.45, 7) is 0. The Morgan fingerprint density at radius 1 is 0.362 bits per heavy atom. The number of nitrogens with zero attached hydrogens (tertiary/aromatic N) is 2. The quantitative estimate of drug-likeness (QED) is 0.171. The van der Waals surface area contributed by atoms with Crippen molar-refractivity contribution in [1.29, 1.82) is 0 Å². The Morgan fingerprint density at radius 2 is 1.04 bits per heavy atom. The summed E-state index contributed by atoms with van der Waals surface area (Å²) in [6.07, 6.45) is 0. The fourth-order valence-electron chi connectivity index (χ4n) is 8.08. The van der Waals surface area contributed by atoms with Gasteiger partial charge in [0.1, 0.15) is 0 Å². The van der Waals surface area contributed by atoms with Crippen molar-refractivity contribution in [2.45, 2.75) is 0 Å². The molecule has 47 heavy (non-hydrogen) atoms. The van der Waals surface area contributed by atoms with Crippen molar-refractivity contribution in [3.05, 3.63) is 158 Å². The van der Waals surface area contributed by atoms with Gasteiger partial charge in [-0.05, 0) is 64.7 Å². The summed E-state index contributed by atoms with van der Waals surface area (Å²) in [6, 6.07) is 58.1. The zero-order chi connectivity index (χ0) is 30.6. The molecule has 0 spiro atoms. The van der Waals surface area contributed by atoms with E-state index in [1.807, 2.05) is 11.3 Å². The second-order valence-corrected chi connectivity index (χ2v) is 13.6. The van der Waals surface area contributed by atoms with Crippen molar-refractivity contribution >= 4 is 96.7 Å². The van der Waals surface area contributed by atoms with Crippen LogP contribution in [0.4, 0.5) is 0 Å². The molecule has 218 valence electrons. The minimum absolute atomic E-state index is 1.17. The lowest BCUT2D eigenvalue weighted by Crippen LogP contribution is -1.97. The van der Waals surface area contributed by atoms with Crippen molar-refractivity contribution in [3.63, 3.8) is 0 Å². The van der Waals surface area contributed by atoms with Gasteiger partial charge in [-0.3, -0.25) is 0 Å². The fourth-order valence-corrected chi connectivity index (χ4v) is 9.34. The summed E-state index contributed by atoms with van der Waals surface area (Å²) in [7, 11) is 0. The molecule has 0 amide bonds. The van der Waals surface area contributed by atoms with Gasteiger partial charge in [-0.2, -0.15) is 0 Å². The molecule has 8 aromatic carbocycles. The first-order valence-electron chi connectivity index (χ1n) is 16.1. The van der Waals surface area contributed by atoms with E-state index in [0.717, 1.165) is 0 Å². The van der Waals surface area contributed by atoms with Crippen molar-refractivity contribution in [2.75, 3.05) is 0 Å². The molecular weight excluding hydrogens is 589 g/mol. The van der Waals surface area contributed by atoms with Gasteiger partial charge < -0.3 is 9.13 Å². The smallest absolute Gasteiger partial charge is 0.0562 e. The van der Waals surface area contributed by atoms with Crippen LogP contribution in [0.1, 0.15) is 0 Å². The predicted octanol–water partition coefficient (Wildman–Crippen LogP) is 12.6. The van der Waals surface area contributed by atoms with E-state index in [9.17, 15) is 0 Å². The number of aromatic nitrogens is 2. The van der Waals surface area contributed by atoms with E-state index in [2.05, 4.69) is 167 Å². The molecule has 0 unspecified atom stereocenters. The Hall–Kier alpha value is -5.90. The number of para-hydroxylation sites is 2. The zero-order valence-corrected chi connectivity index (χ0v) is 26.1. The zero-order valence-electron chi connectivity index (χ0n) is 25.3. The molecule has 0 radical (unpaired) electrons. The third-order valence-electron chi connectivity index (χ3n) is 10.1. The first-order valence-corrected chi connectivity index (χ1v) is 16.9. The van der Waals surface area contributed by atoms with Crippen molar-refractivity contribution in [2.24, 2.45) is 0 Å². The lowest BCUT2D eigenvalue weighted by Gasteiger charge is -2.14. The molecule has 11 rings (SSSR count). The van der Waals surface area contributed by atoms with Crippen LogP contribution in [0, 0.1) is 0 Å². The minimum atomic E-state index is 1.17. The van der Waals surface area contributed by atoms with Crippen LogP contribution in [0.15, 0.2) is 158 Å². The summed E-state index contributed by atoms with van der Waals surface area (Å²) >= 11 is 1.91. The van der Waals surface area contributed by atoms with Crippen LogP contribution in [0.25, 0.3) is 96.7 Å². The van der Waals surface area contributed by atoms with E-state index in [1.54, 1.807) is 0 Å². The topological polar surface area (TPSA) is 9.86 Å². The first-order chi connectivity index (χ1) is 23.3. The average Bonchev–Trinajstić information content (AvgIpc) is 3.78. The molecule has 3 heterocycles. The van der Waals surface area contributed by atoms with Crippen LogP contribution in [0.2, 0.25) is 0 Å². The van der Waals surface area contributed by atoms with Crippen LogP contribution in [-0.2, 0) is 0 Å². The lowest BCUT2D eigenvalue weighted by atomic mass is 10.00. The number of fused-ring (bicyclic) bond motifs is 13. The van der Waals surface area contributed by atoms with E-state index >= 15 is 0 Å². The first kappa shape index (κ1) is 25.3. The molecule has 0 atom stereocenters. The number of thiophene rings is 1. The largest absolute Gasteiger partial charge is 0.309 e. The van der Waals surface area contributed by atoms with Crippen molar-refractivity contribution in [3.8, 4) is 11.4 Å². The third kappa shape index (κ3) is 3.39. The minimum Gasteiger partial charge on any atom is -0.309 e. The second-order valence-electron chi connectivity index (χ2n) is 12.5. The molecular formula is C44H26N2S. The SMILES string of the molecule is c1ccc(-n2c3cc4c(cc3c3c5sc6ccccc6c5ccc32)c2ccccc2n4-c2cc3ccccc3c3ccccc23)cc1. The lowest BCUT2D eigenvalue weighted by molar-refractivity contribution is 1.17.